The smallest absolute Gasteiger partial charge is 0.219 e. The third-order valence-electron chi connectivity index (χ3n) is 3.08. The minimum absolute atomic E-state index is 0.219. The molecule has 116 valence electrons. The number of aliphatic imine (C=N–C) groups is 1. The van der Waals surface area contributed by atoms with Crippen molar-refractivity contribution in [3.8, 4) is 0 Å². The van der Waals surface area contributed by atoms with Crippen LogP contribution in [-0.4, -0.2) is 53.7 Å². The molecule has 1 atom stereocenters. The second-order valence-corrected chi connectivity index (χ2v) is 4.77. The highest BCUT2D eigenvalue weighted by Crippen LogP contribution is 2.19. The molecule has 0 radical (unpaired) electrons. The topological polar surface area (TPSA) is 100 Å². The van der Waals surface area contributed by atoms with Crippen LogP contribution in [0, 0.1) is 5.41 Å². The minimum atomic E-state index is -0.384. The zero-order chi connectivity index (χ0) is 15.8. The summed E-state index contributed by atoms with van der Waals surface area (Å²) >= 11 is 0. The number of ether oxygens (including phenoxy) is 1. The van der Waals surface area contributed by atoms with Gasteiger partial charge in [0.15, 0.2) is 0 Å². The Kier molecular flexibility index (Phi) is 6.74. The van der Waals surface area contributed by atoms with Gasteiger partial charge in [0.1, 0.15) is 6.04 Å². The second kappa shape index (κ2) is 8.31. The molecule has 7 heteroatoms. The summed E-state index contributed by atoms with van der Waals surface area (Å²) < 4.78 is 5.08. The van der Waals surface area contributed by atoms with Crippen LogP contribution in [0.3, 0.4) is 0 Å². The highest BCUT2D eigenvalue weighted by Gasteiger charge is 2.16. The van der Waals surface area contributed by atoms with Crippen LogP contribution in [-0.2, 0) is 4.74 Å². The van der Waals surface area contributed by atoms with E-state index in [0.717, 1.165) is 24.4 Å². The van der Waals surface area contributed by atoms with E-state index in [-0.39, 0.29) is 12.0 Å². The van der Waals surface area contributed by atoms with Gasteiger partial charge in [-0.3, -0.25) is 4.99 Å². The fourth-order valence-electron chi connectivity index (χ4n) is 1.88. The van der Waals surface area contributed by atoms with E-state index in [1.165, 1.54) is 0 Å². The van der Waals surface area contributed by atoms with Gasteiger partial charge in [-0.1, -0.05) is 6.92 Å². The summed E-state index contributed by atoms with van der Waals surface area (Å²) in [6.07, 6.45) is 4.02. The van der Waals surface area contributed by atoms with E-state index in [1.54, 1.807) is 26.4 Å². The first-order chi connectivity index (χ1) is 9.99. The van der Waals surface area contributed by atoms with Crippen molar-refractivity contribution in [3.63, 3.8) is 0 Å². The van der Waals surface area contributed by atoms with Gasteiger partial charge in [-0.15, -0.1) is 0 Å². The molecule has 0 saturated carbocycles. The van der Waals surface area contributed by atoms with Crippen molar-refractivity contribution >= 4 is 17.5 Å². The molecule has 1 heterocycles. The fourth-order valence-corrected chi connectivity index (χ4v) is 1.88. The van der Waals surface area contributed by atoms with Gasteiger partial charge in [0.2, 0.25) is 5.95 Å². The number of rotatable bonds is 7. The molecule has 1 aromatic heterocycles. The summed E-state index contributed by atoms with van der Waals surface area (Å²) in [5.41, 5.74) is 6.71. The van der Waals surface area contributed by atoms with Gasteiger partial charge in [-0.25, -0.2) is 9.97 Å². The maximum Gasteiger partial charge on any atom is 0.219 e. The van der Waals surface area contributed by atoms with E-state index in [0.29, 0.717) is 12.3 Å². The van der Waals surface area contributed by atoms with Gasteiger partial charge in [0.05, 0.1) is 12.4 Å². The maximum absolute atomic E-state index is 7.95. The van der Waals surface area contributed by atoms with Crippen molar-refractivity contribution in [1.29, 1.82) is 5.41 Å². The molecule has 0 saturated heterocycles. The van der Waals surface area contributed by atoms with Crippen LogP contribution in [0.5, 0.6) is 0 Å². The SMILES string of the molecule is CCC(=NC(C(C)=N)c1cnc(N)nc1)N(C)CCOC. The van der Waals surface area contributed by atoms with Crippen LogP contribution in [0.15, 0.2) is 17.4 Å². The third-order valence-corrected chi connectivity index (χ3v) is 3.08. The highest BCUT2D eigenvalue weighted by molar-refractivity contribution is 5.90. The summed E-state index contributed by atoms with van der Waals surface area (Å²) in [6, 6.07) is -0.384. The summed E-state index contributed by atoms with van der Waals surface area (Å²) in [6.45, 7) is 5.16. The van der Waals surface area contributed by atoms with Crippen molar-refractivity contribution in [2.45, 2.75) is 26.3 Å². The number of aromatic nitrogens is 2. The minimum Gasteiger partial charge on any atom is -0.383 e. The van der Waals surface area contributed by atoms with Crippen molar-refractivity contribution in [1.82, 2.24) is 14.9 Å². The van der Waals surface area contributed by atoms with E-state index in [9.17, 15) is 0 Å². The van der Waals surface area contributed by atoms with Gasteiger partial charge in [-0.05, 0) is 6.92 Å². The highest BCUT2D eigenvalue weighted by atomic mass is 16.5. The van der Waals surface area contributed by atoms with Crippen molar-refractivity contribution in [2.75, 3.05) is 33.0 Å². The first-order valence-electron chi connectivity index (χ1n) is 6.88. The second-order valence-electron chi connectivity index (χ2n) is 4.77. The van der Waals surface area contributed by atoms with Crippen molar-refractivity contribution in [3.05, 3.63) is 18.0 Å². The van der Waals surface area contributed by atoms with Gasteiger partial charge >= 0.3 is 0 Å². The first kappa shape index (κ1) is 17.0. The number of hydrogen-bond donors (Lipinski definition) is 2. The summed E-state index contributed by atoms with van der Waals surface area (Å²) in [5, 5.41) is 7.95. The van der Waals surface area contributed by atoms with E-state index >= 15 is 0 Å². The predicted molar refractivity (Wildman–Crippen MR) is 84.8 cm³/mol. The van der Waals surface area contributed by atoms with Crippen LogP contribution in [0.25, 0.3) is 0 Å². The van der Waals surface area contributed by atoms with Crippen LogP contribution in [0.4, 0.5) is 5.95 Å². The number of methoxy groups -OCH3 is 1. The Morgan fingerprint density at radius 2 is 2.10 bits per heavy atom. The van der Waals surface area contributed by atoms with Gasteiger partial charge in [0, 0.05) is 50.8 Å². The number of nitrogens with zero attached hydrogens (tertiary/aromatic N) is 4. The number of nitrogens with one attached hydrogen (secondary N) is 1. The Bertz CT molecular complexity index is 485. The summed E-state index contributed by atoms with van der Waals surface area (Å²) in [7, 11) is 3.64. The molecule has 3 N–H and O–H groups in total. The van der Waals surface area contributed by atoms with E-state index in [4.69, 9.17) is 15.9 Å². The fraction of sp³-hybridized carbons (Fsp3) is 0.571. The Labute approximate surface area is 125 Å². The van der Waals surface area contributed by atoms with E-state index in [1.807, 2.05) is 18.9 Å². The predicted octanol–water partition coefficient (Wildman–Crippen LogP) is 1.53. The lowest BCUT2D eigenvalue weighted by molar-refractivity contribution is 0.182. The number of anilines is 1. The van der Waals surface area contributed by atoms with Crippen molar-refractivity contribution in [2.24, 2.45) is 4.99 Å². The molecule has 0 fully saturated rings. The molecule has 0 aromatic carbocycles. The summed E-state index contributed by atoms with van der Waals surface area (Å²) in [4.78, 5) is 14.7. The number of nitrogens with two attached hydrogens (primary N) is 1. The average Bonchev–Trinajstić information content (AvgIpc) is 2.47. The Morgan fingerprint density at radius 1 is 1.48 bits per heavy atom. The molecule has 1 rings (SSSR count). The maximum atomic E-state index is 7.95. The standard InChI is InChI=1S/C14H24N6O/c1-5-12(20(3)6-7-21-4)19-13(10(2)15)11-8-17-14(16)18-9-11/h8-9,13,15H,5-7H2,1-4H3,(H2,16,17,18). The molecule has 21 heavy (non-hydrogen) atoms. The molecule has 1 unspecified atom stereocenters. The number of amidine groups is 1. The van der Waals surface area contributed by atoms with Crippen molar-refractivity contribution < 1.29 is 4.74 Å². The zero-order valence-corrected chi connectivity index (χ0v) is 13.1. The van der Waals surface area contributed by atoms with Gasteiger partial charge in [-0.2, -0.15) is 0 Å². The van der Waals surface area contributed by atoms with Crippen LogP contribution in [0.1, 0.15) is 31.9 Å². The van der Waals surface area contributed by atoms with Crippen LogP contribution < -0.4 is 5.73 Å². The summed E-state index contributed by atoms with van der Waals surface area (Å²) in [5.74, 6) is 1.14. The van der Waals surface area contributed by atoms with Gasteiger partial charge in [0.25, 0.3) is 0 Å². The normalized spacial score (nSPS) is 13.0. The Morgan fingerprint density at radius 3 is 2.57 bits per heavy atom. The molecule has 0 bridgehead atoms. The molecule has 0 amide bonds. The van der Waals surface area contributed by atoms with Crippen LogP contribution in [0.2, 0.25) is 0 Å². The average molecular weight is 292 g/mol. The first-order valence-corrected chi connectivity index (χ1v) is 6.88. The molecule has 0 spiro atoms. The Hall–Kier alpha value is -2.02. The van der Waals surface area contributed by atoms with E-state index in [2.05, 4.69) is 15.0 Å². The molecule has 7 nitrogen and oxygen atoms in total. The lowest BCUT2D eigenvalue weighted by Gasteiger charge is -2.22. The number of likely N-dealkylation sites (N-methyl/N-ethyl adjacent to an activating group) is 1. The zero-order valence-electron chi connectivity index (χ0n) is 13.1. The molecule has 1 aromatic rings. The lowest BCUT2D eigenvalue weighted by Crippen LogP contribution is -2.30. The molecular weight excluding hydrogens is 268 g/mol. The van der Waals surface area contributed by atoms with Gasteiger partial charge < -0.3 is 20.8 Å². The monoisotopic (exact) mass is 292 g/mol. The number of hydrogen-bond acceptors (Lipinski definition) is 6. The molecule has 0 aliphatic rings. The quantitative estimate of drug-likeness (QED) is 0.586. The molecule has 0 aliphatic carbocycles. The number of nitrogen functional groups attached to an aromatic ring is 1. The third kappa shape index (κ3) is 5.11. The molecular formula is C14H24N6O. The lowest BCUT2D eigenvalue weighted by atomic mass is 10.1. The van der Waals surface area contributed by atoms with Crippen LogP contribution >= 0.6 is 0 Å². The largest absolute Gasteiger partial charge is 0.383 e. The molecule has 0 aliphatic heterocycles. The van der Waals surface area contributed by atoms with E-state index < -0.39 is 0 Å². The Balaban J connectivity index is 3.00.